The van der Waals surface area contributed by atoms with Gasteiger partial charge in [-0.05, 0) is 38.0 Å². The van der Waals surface area contributed by atoms with E-state index in [0.717, 1.165) is 0 Å². The second-order valence-corrected chi connectivity index (χ2v) is 5.90. The Balaban J connectivity index is 2.51. The van der Waals surface area contributed by atoms with Crippen molar-refractivity contribution in [1.29, 1.82) is 0 Å². The van der Waals surface area contributed by atoms with Crippen LogP contribution >= 0.6 is 11.6 Å². The molecule has 0 saturated heterocycles. The molecule has 0 fully saturated rings. The number of carboxylic acid groups (broad SMARTS) is 1. The van der Waals surface area contributed by atoms with Gasteiger partial charge in [-0.2, -0.15) is 0 Å². The number of hydrogen-bond donors (Lipinski definition) is 3. The lowest BCUT2D eigenvalue weighted by Crippen LogP contribution is -2.34. The zero-order chi connectivity index (χ0) is 17.4. The minimum absolute atomic E-state index is 0.0534. The smallest absolute Gasteiger partial charge is 0.330 e. The third-order valence-electron chi connectivity index (χ3n) is 3.01. The van der Waals surface area contributed by atoms with Crippen molar-refractivity contribution < 1.29 is 19.5 Å². The molecule has 0 bridgehead atoms. The van der Waals surface area contributed by atoms with Gasteiger partial charge >= 0.3 is 5.97 Å². The lowest BCUT2D eigenvalue weighted by molar-refractivity contribution is -0.142. The topological polar surface area (TPSA) is 95.5 Å². The van der Waals surface area contributed by atoms with E-state index >= 15 is 0 Å². The summed E-state index contributed by atoms with van der Waals surface area (Å²) in [4.78, 5) is 34.7. The third-order valence-corrected chi connectivity index (χ3v) is 3.26. The van der Waals surface area contributed by atoms with Crippen LogP contribution in [0.3, 0.4) is 0 Å². The Bertz CT molecular complexity index is 558. The number of carboxylic acids is 1. The van der Waals surface area contributed by atoms with Crippen molar-refractivity contribution in [2.75, 3.05) is 0 Å². The molecule has 1 aromatic rings. The molecule has 0 radical (unpaired) electrons. The highest BCUT2D eigenvalue weighted by Crippen LogP contribution is 2.17. The summed E-state index contributed by atoms with van der Waals surface area (Å²) in [7, 11) is 0. The van der Waals surface area contributed by atoms with E-state index in [1.54, 1.807) is 24.3 Å². The molecule has 0 aliphatic carbocycles. The molecular formula is C16H21ClN2O4. The number of aliphatic carboxylic acids is 1. The van der Waals surface area contributed by atoms with Crippen LogP contribution in [0.5, 0.6) is 0 Å². The first-order chi connectivity index (χ1) is 10.8. The first kappa shape index (κ1) is 19.0. The maximum absolute atomic E-state index is 11.9. The van der Waals surface area contributed by atoms with E-state index in [1.165, 1.54) is 0 Å². The van der Waals surface area contributed by atoms with E-state index in [0.29, 0.717) is 17.0 Å². The number of carbonyl (C=O) groups excluding carboxylic acids is 2. The number of carbonyl (C=O) groups is 3. The molecule has 2 amide bonds. The van der Waals surface area contributed by atoms with Crippen LogP contribution in [0.4, 0.5) is 0 Å². The van der Waals surface area contributed by atoms with Crippen LogP contribution in [-0.2, 0) is 14.4 Å². The Morgan fingerprint density at radius 2 is 1.57 bits per heavy atom. The van der Waals surface area contributed by atoms with Crippen LogP contribution in [-0.4, -0.2) is 28.9 Å². The summed E-state index contributed by atoms with van der Waals surface area (Å²) in [6.45, 7) is 3.71. The van der Waals surface area contributed by atoms with Gasteiger partial charge in [0, 0.05) is 23.9 Å². The van der Waals surface area contributed by atoms with Crippen molar-refractivity contribution in [3.05, 3.63) is 34.9 Å². The summed E-state index contributed by atoms with van der Waals surface area (Å²) in [5, 5.41) is 14.9. The fourth-order valence-electron chi connectivity index (χ4n) is 1.98. The molecule has 1 atom stereocenters. The molecule has 0 saturated carbocycles. The molecule has 3 N–H and O–H groups in total. The molecule has 0 aliphatic heterocycles. The molecular weight excluding hydrogens is 320 g/mol. The zero-order valence-electron chi connectivity index (χ0n) is 13.1. The van der Waals surface area contributed by atoms with Crippen molar-refractivity contribution in [1.82, 2.24) is 10.6 Å². The van der Waals surface area contributed by atoms with Gasteiger partial charge in [-0.1, -0.05) is 23.7 Å². The fraction of sp³-hybridized carbons (Fsp3) is 0.438. The zero-order valence-corrected chi connectivity index (χ0v) is 13.9. The number of nitrogens with one attached hydrogen (secondary N) is 2. The molecule has 126 valence electrons. The van der Waals surface area contributed by atoms with Gasteiger partial charge in [0.1, 0.15) is 0 Å². The van der Waals surface area contributed by atoms with Gasteiger partial charge in [0.05, 0.1) is 0 Å². The lowest BCUT2D eigenvalue weighted by Gasteiger charge is -2.15. The summed E-state index contributed by atoms with van der Waals surface area (Å²) in [6.07, 6.45) is 0.671. The first-order valence-corrected chi connectivity index (χ1v) is 7.74. The van der Waals surface area contributed by atoms with Gasteiger partial charge in [-0.15, -0.1) is 0 Å². The van der Waals surface area contributed by atoms with E-state index in [9.17, 15) is 19.5 Å². The third kappa shape index (κ3) is 7.15. The molecule has 0 aliphatic rings. The largest absolute Gasteiger partial charge is 0.479 e. The van der Waals surface area contributed by atoms with Gasteiger partial charge in [-0.25, -0.2) is 4.79 Å². The first-order valence-electron chi connectivity index (χ1n) is 7.36. The van der Waals surface area contributed by atoms with Crippen molar-refractivity contribution in [2.24, 2.45) is 0 Å². The normalized spacial score (nSPS) is 11.8. The highest BCUT2D eigenvalue weighted by atomic mass is 35.5. The average Bonchev–Trinajstić information content (AvgIpc) is 2.44. The van der Waals surface area contributed by atoms with E-state index in [-0.39, 0.29) is 24.8 Å². The Morgan fingerprint density at radius 1 is 1.04 bits per heavy atom. The van der Waals surface area contributed by atoms with Crippen molar-refractivity contribution >= 4 is 29.4 Å². The van der Waals surface area contributed by atoms with E-state index < -0.39 is 17.9 Å². The molecule has 0 heterocycles. The Labute approximate surface area is 140 Å². The van der Waals surface area contributed by atoms with Crippen molar-refractivity contribution in [2.45, 2.75) is 45.2 Å². The fourth-order valence-corrected chi connectivity index (χ4v) is 2.11. The molecule has 1 unspecified atom stereocenters. The average molecular weight is 341 g/mol. The van der Waals surface area contributed by atoms with E-state index in [4.69, 9.17) is 11.6 Å². The number of amides is 2. The van der Waals surface area contributed by atoms with Crippen LogP contribution in [0.25, 0.3) is 0 Å². The van der Waals surface area contributed by atoms with Crippen molar-refractivity contribution in [3.63, 3.8) is 0 Å². The predicted octanol–water partition coefficient (Wildman–Crippen LogP) is 2.28. The van der Waals surface area contributed by atoms with Crippen LogP contribution < -0.4 is 10.6 Å². The summed E-state index contributed by atoms with van der Waals surface area (Å²) in [6, 6.07) is 5.15. The quantitative estimate of drug-likeness (QED) is 0.676. The minimum atomic E-state index is -1.15. The minimum Gasteiger partial charge on any atom is -0.479 e. The van der Waals surface area contributed by atoms with Crippen LogP contribution in [0.15, 0.2) is 24.3 Å². The van der Waals surface area contributed by atoms with E-state index in [1.807, 2.05) is 13.8 Å². The van der Waals surface area contributed by atoms with E-state index in [2.05, 4.69) is 10.6 Å². The summed E-state index contributed by atoms with van der Waals surface area (Å²) in [5.74, 6) is -1.69. The molecule has 23 heavy (non-hydrogen) atoms. The van der Waals surface area contributed by atoms with Crippen LogP contribution in [0.2, 0.25) is 5.02 Å². The summed E-state index contributed by atoms with van der Waals surface area (Å²) < 4.78 is 0. The lowest BCUT2D eigenvalue weighted by atomic mass is 10.1. The Hall–Kier alpha value is -2.08. The molecule has 0 aromatic heterocycles. The van der Waals surface area contributed by atoms with Crippen LogP contribution in [0.1, 0.15) is 44.7 Å². The Morgan fingerprint density at radius 3 is 2.04 bits per heavy atom. The SMILES string of the molecule is CC(C)NC(=O)CCCC(=O)NC(C(=O)O)c1ccc(Cl)cc1. The van der Waals surface area contributed by atoms with Gasteiger partial charge in [-0.3, -0.25) is 9.59 Å². The highest BCUT2D eigenvalue weighted by molar-refractivity contribution is 6.30. The highest BCUT2D eigenvalue weighted by Gasteiger charge is 2.21. The number of rotatable bonds is 8. The Kier molecular flexibility index (Phi) is 7.54. The molecule has 1 aromatic carbocycles. The monoisotopic (exact) mass is 340 g/mol. The number of benzene rings is 1. The summed E-state index contributed by atoms with van der Waals surface area (Å²) >= 11 is 5.76. The van der Waals surface area contributed by atoms with Crippen LogP contribution in [0, 0.1) is 0 Å². The van der Waals surface area contributed by atoms with Gasteiger partial charge < -0.3 is 15.7 Å². The van der Waals surface area contributed by atoms with Crippen molar-refractivity contribution in [3.8, 4) is 0 Å². The van der Waals surface area contributed by atoms with Gasteiger partial charge in [0.2, 0.25) is 11.8 Å². The number of hydrogen-bond acceptors (Lipinski definition) is 3. The van der Waals surface area contributed by atoms with Gasteiger partial charge in [0.25, 0.3) is 0 Å². The molecule has 1 rings (SSSR count). The molecule has 0 spiro atoms. The predicted molar refractivity (Wildman–Crippen MR) is 87.1 cm³/mol. The second-order valence-electron chi connectivity index (χ2n) is 5.47. The number of halogens is 1. The maximum atomic E-state index is 11.9. The summed E-state index contributed by atoms with van der Waals surface area (Å²) in [5.41, 5.74) is 0.438. The molecule has 6 nitrogen and oxygen atoms in total. The second kappa shape index (κ2) is 9.15. The maximum Gasteiger partial charge on any atom is 0.330 e. The molecule has 7 heteroatoms. The standard InChI is InChI=1S/C16H21ClN2O4/c1-10(2)18-13(20)4-3-5-14(21)19-15(16(22)23)11-6-8-12(17)9-7-11/h6-10,15H,3-5H2,1-2H3,(H,18,20)(H,19,21)(H,22,23). The van der Waals surface area contributed by atoms with Gasteiger partial charge in [0.15, 0.2) is 6.04 Å².